The summed E-state index contributed by atoms with van der Waals surface area (Å²) in [6, 6.07) is 6.53. The second-order valence-electron chi connectivity index (χ2n) is 9.37. The van der Waals surface area contributed by atoms with Crippen LogP contribution in [0.4, 0.5) is 17.5 Å². The maximum Gasteiger partial charge on any atom is 0.204 e. The fourth-order valence-corrected chi connectivity index (χ4v) is 5.74. The van der Waals surface area contributed by atoms with Crippen LogP contribution in [0.1, 0.15) is 5.69 Å². The summed E-state index contributed by atoms with van der Waals surface area (Å²) in [5.74, 6) is 2.28. The molecule has 0 spiro atoms. The van der Waals surface area contributed by atoms with Crippen LogP contribution in [-0.2, 0) is 9.84 Å². The molecule has 3 heterocycles. The van der Waals surface area contributed by atoms with Gasteiger partial charge >= 0.3 is 0 Å². The van der Waals surface area contributed by atoms with Crippen LogP contribution in [0.2, 0.25) is 5.02 Å². The number of methoxy groups -OCH3 is 1. The Balaban J connectivity index is 1.66. The predicted molar refractivity (Wildman–Crippen MR) is 151 cm³/mol. The van der Waals surface area contributed by atoms with Gasteiger partial charge in [-0.3, -0.25) is 10.00 Å². The molecule has 1 aromatic carbocycles. The number of sulfone groups is 1. The number of ether oxygens (including phenoxy) is 1. The average Bonchev–Trinajstić information content (AvgIpc) is 3.27. The molecule has 0 bridgehead atoms. The van der Waals surface area contributed by atoms with E-state index in [9.17, 15) is 8.42 Å². The first kappa shape index (κ1) is 28.4. The number of aromatic nitrogens is 4. The van der Waals surface area contributed by atoms with E-state index in [0.29, 0.717) is 38.3 Å². The Morgan fingerprint density at radius 1 is 1.18 bits per heavy atom. The van der Waals surface area contributed by atoms with E-state index in [1.54, 1.807) is 13.2 Å². The molecule has 0 saturated carbocycles. The number of nitrogens with zero attached hydrogens (tertiary/aromatic N) is 6. The number of hydrogen-bond donors (Lipinski definition) is 2. The van der Waals surface area contributed by atoms with Crippen molar-refractivity contribution in [3.8, 4) is 5.75 Å². The zero-order valence-electron chi connectivity index (χ0n) is 22.2. The quantitative estimate of drug-likeness (QED) is 0.344. The lowest BCUT2D eigenvalue weighted by molar-refractivity contribution is 0.228. The van der Waals surface area contributed by atoms with Gasteiger partial charge in [0.25, 0.3) is 0 Å². The molecule has 0 radical (unpaired) electrons. The fourth-order valence-electron chi connectivity index (χ4n) is 3.97. The number of halogens is 1. The highest BCUT2D eigenvalue weighted by Gasteiger charge is 2.25. The summed E-state index contributed by atoms with van der Waals surface area (Å²) in [7, 11) is 2.39. The van der Waals surface area contributed by atoms with Gasteiger partial charge in [-0.05, 0) is 51.0 Å². The van der Waals surface area contributed by atoms with E-state index in [1.165, 1.54) is 23.9 Å². The third kappa shape index (κ3) is 7.08. The van der Waals surface area contributed by atoms with E-state index >= 15 is 0 Å². The second kappa shape index (κ2) is 12.1. The van der Waals surface area contributed by atoms with Crippen LogP contribution in [-0.4, -0.2) is 105 Å². The zero-order chi connectivity index (χ0) is 27.4. The number of H-pyrrole nitrogens is 1. The molecular formula is C24H33ClN8O3S2. The first-order chi connectivity index (χ1) is 18.0. The van der Waals surface area contributed by atoms with Crippen molar-refractivity contribution in [2.45, 2.75) is 21.9 Å². The molecule has 11 nitrogen and oxygen atoms in total. The maximum atomic E-state index is 11.9. The highest BCUT2D eigenvalue weighted by atomic mass is 35.5. The molecule has 0 aliphatic carbocycles. The summed E-state index contributed by atoms with van der Waals surface area (Å²) in [6.07, 6.45) is 1.15. The molecule has 38 heavy (non-hydrogen) atoms. The predicted octanol–water partition coefficient (Wildman–Crippen LogP) is 3.15. The van der Waals surface area contributed by atoms with Crippen molar-refractivity contribution in [2.75, 3.05) is 76.9 Å². The Labute approximate surface area is 232 Å². The number of nitrogens with one attached hydrogen (secondary N) is 2. The van der Waals surface area contributed by atoms with Crippen molar-refractivity contribution in [1.29, 1.82) is 0 Å². The second-order valence-corrected chi connectivity index (χ2v) is 12.8. The van der Waals surface area contributed by atoms with Gasteiger partial charge < -0.3 is 19.9 Å². The third-order valence-corrected chi connectivity index (χ3v) is 8.53. The van der Waals surface area contributed by atoms with Crippen LogP contribution in [0.5, 0.6) is 5.75 Å². The van der Waals surface area contributed by atoms with Crippen LogP contribution >= 0.6 is 23.4 Å². The van der Waals surface area contributed by atoms with Gasteiger partial charge in [-0.2, -0.15) is 5.10 Å². The number of anilines is 3. The molecule has 2 N–H and O–H groups in total. The number of likely N-dealkylation sites (N-methyl/N-ethyl adjacent to an activating group) is 1. The fraction of sp³-hybridized carbons (Fsp3) is 0.458. The lowest BCUT2D eigenvalue weighted by atomic mass is 10.3. The first-order valence-corrected chi connectivity index (χ1v) is 15.2. The maximum absolute atomic E-state index is 11.9. The van der Waals surface area contributed by atoms with E-state index < -0.39 is 9.84 Å². The van der Waals surface area contributed by atoms with Crippen LogP contribution in [0, 0.1) is 6.92 Å². The van der Waals surface area contributed by atoms with Crippen LogP contribution < -0.4 is 15.0 Å². The Kier molecular flexibility index (Phi) is 9.04. The van der Waals surface area contributed by atoms with Crippen LogP contribution in [0.25, 0.3) is 0 Å². The largest absolute Gasteiger partial charge is 0.490 e. The molecule has 0 unspecified atom stereocenters. The minimum Gasteiger partial charge on any atom is -0.490 e. The molecule has 1 aliphatic heterocycles. The third-order valence-electron chi connectivity index (χ3n) is 6.05. The van der Waals surface area contributed by atoms with Crippen molar-refractivity contribution in [1.82, 2.24) is 30.0 Å². The Morgan fingerprint density at radius 2 is 1.92 bits per heavy atom. The smallest absolute Gasteiger partial charge is 0.204 e. The topological polar surface area (TPSA) is 120 Å². The summed E-state index contributed by atoms with van der Waals surface area (Å²) in [5, 5.41) is 11.2. The molecule has 1 aliphatic rings. The normalized spacial score (nSPS) is 14.8. The van der Waals surface area contributed by atoms with Gasteiger partial charge in [-0.15, -0.1) is 0 Å². The summed E-state index contributed by atoms with van der Waals surface area (Å²) in [4.78, 5) is 17.2. The highest BCUT2D eigenvalue weighted by molar-refractivity contribution is 7.99. The molecule has 0 amide bonds. The molecule has 14 heteroatoms. The molecule has 2 aromatic heterocycles. The number of aryl methyl sites for hydroxylation is 1. The van der Waals surface area contributed by atoms with Crippen molar-refractivity contribution in [3.05, 3.63) is 35.0 Å². The first-order valence-electron chi connectivity index (χ1n) is 12.1. The summed E-state index contributed by atoms with van der Waals surface area (Å²) >= 11 is 7.72. The van der Waals surface area contributed by atoms with Gasteiger partial charge in [-0.1, -0.05) is 11.6 Å². The lowest BCUT2D eigenvalue weighted by Gasteiger charge is -2.36. The molecule has 206 valence electrons. The molecule has 4 rings (SSSR count). The summed E-state index contributed by atoms with van der Waals surface area (Å²) in [6.45, 7) is 7.32. The molecule has 1 saturated heterocycles. The minimum atomic E-state index is -3.37. The molecular weight excluding hydrogens is 548 g/mol. The van der Waals surface area contributed by atoms with Gasteiger partial charge in [0.05, 0.1) is 17.0 Å². The Morgan fingerprint density at radius 3 is 2.50 bits per heavy atom. The van der Waals surface area contributed by atoms with E-state index in [0.717, 1.165) is 51.2 Å². The minimum absolute atomic E-state index is 0.159. The van der Waals surface area contributed by atoms with Gasteiger partial charge in [0.1, 0.15) is 0 Å². The lowest BCUT2D eigenvalue weighted by Crippen LogP contribution is -2.48. The number of aromatic amines is 1. The molecule has 0 atom stereocenters. The SMILES string of the molecule is COc1c(Nc2cc(C)[nH]n2)nc(Sc2ccc(S(C)(=O)=O)cc2Cl)nc1N1CCN(CCN(C)C)CC1. The molecule has 1 fully saturated rings. The van der Waals surface area contributed by atoms with E-state index in [4.69, 9.17) is 26.3 Å². The van der Waals surface area contributed by atoms with Crippen molar-refractivity contribution < 1.29 is 13.2 Å². The average molecular weight is 581 g/mol. The van der Waals surface area contributed by atoms with E-state index in [-0.39, 0.29) is 4.90 Å². The van der Waals surface area contributed by atoms with E-state index in [2.05, 4.69) is 44.3 Å². The van der Waals surface area contributed by atoms with Gasteiger partial charge in [0.15, 0.2) is 32.4 Å². The van der Waals surface area contributed by atoms with Gasteiger partial charge in [-0.25, -0.2) is 18.4 Å². The van der Waals surface area contributed by atoms with Crippen molar-refractivity contribution in [2.24, 2.45) is 0 Å². The zero-order valence-corrected chi connectivity index (χ0v) is 24.5. The standard InChI is InChI=1S/C24H33ClN8O3S2/c1-16-14-20(30-29-16)26-22-21(36-4)23(33-12-10-32(11-13-33)9-8-31(2)3)28-24(27-22)37-19-7-6-17(15-18(19)25)38(5,34)35/h6-7,14-15H,8-13H2,1-5H3,(H2,26,27,28,29,30). The van der Waals surface area contributed by atoms with Crippen LogP contribution in [0.3, 0.4) is 0 Å². The van der Waals surface area contributed by atoms with Crippen LogP contribution in [0.15, 0.2) is 39.2 Å². The summed E-state index contributed by atoms with van der Waals surface area (Å²) in [5.41, 5.74) is 0.905. The number of rotatable bonds is 10. The number of hydrogen-bond acceptors (Lipinski definition) is 11. The van der Waals surface area contributed by atoms with Gasteiger partial charge in [0, 0.05) is 62.2 Å². The molecule has 3 aromatic rings. The van der Waals surface area contributed by atoms with E-state index in [1.807, 2.05) is 13.0 Å². The number of piperazine rings is 1. The Bertz CT molecular complexity index is 1370. The van der Waals surface area contributed by atoms with Crippen molar-refractivity contribution >= 4 is 50.7 Å². The van der Waals surface area contributed by atoms with Gasteiger partial charge in [0.2, 0.25) is 5.75 Å². The number of benzene rings is 1. The summed E-state index contributed by atoms with van der Waals surface area (Å²) < 4.78 is 29.7. The van der Waals surface area contributed by atoms with Crippen molar-refractivity contribution in [3.63, 3.8) is 0 Å². The highest BCUT2D eigenvalue weighted by Crippen LogP contribution is 2.40. The Hall–Kier alpha value is -2.58. The monoisotopic (exact) mass is 580 g/mol.